The average molecular weight is 166 g/mol. The van der Waals surface area contributed by atoms with Gasteiger partial charge in [-0.05, 0) is 12.8 Å². The van der Waals surface area contributed by atoms with E-state index in [9.17, 15) is 9.59 Å². The largest absolute Gasteiger partial charge is 0.361 e. The van der Waals surface area contributed by atoms with E-state index in [0.29, 0.717) is 6.42 Å². The van der Waals surface area contributed by atoms with Gasteiger partial charge in [0.2, 0.25) is 5.78 Å². The molecule has 12 heavy (non-hydrogen) atoms. The molecule has 0 aliphatic heterocycles. The van der Waals surface area contributed by atoms with Crippen molar-refractivity contribution in [2.75, 3.05) is 0 Å². The minimum Gasteiger partial charge on any atom is -0.361 e. The van der Waals surface area contributed by atoms with Crippen LogP contribution in [0.25, 0.3) is 5.53 Å². The van der Waals surface area contributed by atoms with E-state index in [1.807, 2.05) is 0 Å². The molecule has 0 spiro atoms. The quantitative estimate of drug-likeness (QED) is 0.350. The topological polar surface area (TPSA) is 70.5 Å². The maximum absolute atomic E-state index is 11.1. The molecule has 1 rings (SSSR count). The molecule has 1 aliphatic carbocycles. The second-order valence-corrected chi connectivity index (χ2v) is 2.97. The third-order valence-electron chi connectivity index (χ3n) is 2.08. The van der Waals surface area contributed by atoms with E-state index in [4.69, 9.17) is 5.53 Å². The zero-order chi connectivity index (χ0) is 8.97. The lowest BCUT2D eigenvalue weighted by molar-refractivity contribution is -0.124. The van der Waals surface area contributed by atoms with Gasteiger partial charge >= 0.3 is 6.21 Å². The molecule has 0 bridgehead atoms. The Kier molecular flexibility index (Phi) is 2.88. The zero-order valence-corrected chi connectivity index (χ0v) is 6.69. The van der Waals surface area contributed by atoms with Crippen LogP contribution in [-0.4, -0.2) is 22.6 Å². The second-order valence-electron chi connectivity index (χ2n) is 2.97. The summed E-state index contributed by atoms with van der Waals surface area (Å²) < 4.78 is 0. The van der Waals surface area contributed by atoms with Crippen molar-refractivity contribution in [1.82, 2.24) is 0 Å². The van der Waals surface area contributed by atoms with Crippen LogP contribution in [0.4, 0.5) is 0 Å². The number of hydrogen-bond donors (Lipinski definition) is 0. The summed E-state index contributed by atoms with van der Waals surface area (Å²) in [5, 5.41) is 0. The average Bonchev–Trinajstić information content (AvgIpc) is 2.37. The molecule has 0 amide bonds. The van der Waals surface area contributed by atoms with Gasteiger partial charge in [-0.3, -0.25) is 9.59 Å². The van der Waals surface area contributed by atoms with Gasteiger partial charge in [0.05, 0.1) is 0 Å². The van der Waals surface area contributed by atoms with Crippen LogP contribution in [0.5, 0.6) is 0 Å². The standard InChI is InChI=1S/C8H10N2O2/c9-10-5-7(11)4-6-2-1-3-8(6)12/h5-6H,1-4H2. The van der Waals surface area contributed by atoms with Crippen LogP contribution in [-0.2, 0) is 9.59 Å². The Labute approximate surface area is 70.2 Å². The molecule has 0 radical (unpaired) electrons. The van der Waals surface area contributed by atoms with Crippen molar-refractivity contribution in [3.63, 3.8) is 0 Å². The first-order valence-corrected chi connectivity index (χ1v) is 3.97. The SMILES string of the molecule is [N-]=[N+]=CC(=O)CC1CCCC1=O. The third-order valence-corrected chi connectivity index (χ3v) is 2.08. The lowest BCUT2D eigenvalue weighted by atomic mass is 10.0. The van der Waals surface area contributed by atoms with Gasteiger partial charge in [0.1, 0.15) is 5.78 Å². The highest BCUT2D eigenvalue weighted by molar-refractivity contribution is 6.25. The molecular formula is C8H10N2O2. The molecule has 0 N–H and O–H groups in total. The molecule has 0 aromatic carbocycles. The molecule has 0 aromatic heterocycles. The van der Waals surface area contributed by atoms with Crippen molar-refractivity contribution < 1.29 is 14.4 Å². The lowest BCUT2D eigenvalue weighted by Crippen LogP contribution is -2.13. The van der Waals surface area contributed by atoms with E-state index < -0.39 is 0 Å². The van der Waals surface area contributed by atoms with E-state index in [-0.39, 0.29) is 23.9 Å². The molecule has 1 saturated carbocycles. The summed E-state index contributed by atoms with van der Waals surface area (Å²) in [7, 11) is 0. The Morgan fingerprint density at radius 3 is 3.00 bits per heavy atom. The first kappa shape index (κ1) is 8.81. The Morgan fingerprint density at radius 1 is 1.75 bits per heavy atom. The first-order chi connectivity index (χ1) is 5.74. The third kappa shape index (κ3) is 2.10. The molecule has 0 aromatic rings. The van der Waals surface area contributed by atoms with Crippen molar-refractivity contribution in [3.05, 3.63) is 5.53 Å². The minimum atomic E-state index is -0.280. The van der Waals surface area contributed by atoms with Gasteiger partial charge in [0, 0.05) is 18.8 Å². The minimum absolute atomic E-state index is 0.129. The maximum Gasteiger partial charge on any atom is 0.323 e. The molecule has 1 atom stereocenters. The van der Waals surface area contributed by atoms with Gasteiger partial charge < -0.3 is 5.53 Å². The summed E-state index contributed by atoms with van der Waals surface area (Å²) in [6.45, 7) is 0. The van der Waals surface area contributed by atoms with Crippen molar-refractivity contribution in [1.29, 1.82) is 0 Å². The van der Waals surface area contributed by atoms with Gasteiger partial charge in [-0.15, -0.1) is 0 Å². The van der Waals surface area contributed by atoms with E-state index in [2.05, 4.69) is 4.79 Å². The monoisotopic (exact) mass is 166 g/mol. The van der Waals surface area contributed by atoms with Crippen LogP contribution < -0.4 is 0 Å². The van der Waals surface area contributed by atoms with Crippen molar-refractivity contribution in [2.24, 2.45) is 5.92 Å². The van der Waals surface area contributed by atoms with Crippen LogP contribution in [0.1, 0.15) is 25.7 Å². The molecule has 1 aliphatic rings. The predicted molar refractivity (Wildman–Crippen MR) is 41.7 cm³/mol. The smallest absolute Gasteiger partial charge is 0.323 e. The van der Waals surface area contributed by atoms with Crippen molar-refractivity contribution in [3.8, 4) is 0 Å². The number of ketones is 2. The molecule has 1 fully saturated rings. The van der Waals surface area contributed by atoms with Crippen LogP contribution in [0.15, 0.2) is 0 Å². The predicted octanol–water partition coefficient (Wildman–Crippen LogP) is 0.615. The summed E-state index contributed by atoms with van der Waals surface area (Å²) >= 11 is 0. The van der Waals surface area contributed by atoms with Gasteiger partial charge in [-0.2, -0.15) is 4.79 Å². The Morgan fingerprint density at radius 2 is 2.50 bits per heavy atom. The fourth-order valence-electron chi connectivity index (χ4n) is 1.46. The van der Waals surface area contributed by atoms with Crippen LogP contribution in [0.2, 0.25) is 0 Å². The number of carbonyl (C=O) groups excluding carboxylic acids is 2. The molecule has 4 nitrogen and oxygen atoms in total. The van der Waals surface area contributed by atoms with Crippen LogP contribution in [0, 0.1) is 5.92 Å². The summed E-state index contributed by atoms with van der Waals surface area (Å²) in [5.41, 5.74) is 8.04. The molecule has 4 heteroatoms. The highest BCUT2D eigenvalue weighted by Crippen LogP contribution is 2.23. The number of nitrogens with zero attached hydrogens (tertiary/aromatic N) is 2. The normalized spacial score (nSPS) is 22.0. The Balaban J connectivity index is 2.45. The number of carbonyl (C=O) groups is 2. The van der Waals surface area contributed by atoms with Crippen LogP contribution >= 0.6 is 0 Å². The number of Topliss-reactive ketones (excluding diaryl/α,β-unsaturated/α-hetero) is 2. The van der Waals surface area contributed by atoms with Crippen molar-refractivity contribution in [2.45, 2.75) is 25.7 Å². The molecule has 0 heterocycles. The van der Waals surface area contributed by atoms with Gasteiger partial charge in [0.15, 0.2) is 0 Å². The van der Waals surface area contributed by atoms with E-state index in [1.54, 1.807) is 0 Å². The summed E-state index contributed by atoms with van der Waals surface area (Å²) in [6.07, 6.45) is 3.32. The fourth-order valence-corrected chi connectivity index (χ4v) is 1.46. The van der Waals surface area contributed by atoms with E-state index in [1.165, 1.54) is 0 Å². The molecule has 0 saturated heterocycles. The molecular weight excluding hydrogens is 156 g/mol. The Bertz CT molecular complexity index is 254. The number of hydrogen-bond acceptors (Lipinski definition) is 2. The fraction of sp³-hybridized carbons (Fsp3) is 0.625. The summed E-state index contributed by atoms with van der Waals surface area (Å²) in [6, 6.07) is 0. The van der Waals surface area contributed by atoms with E-state index >= 15 is 0 Å². The Hall–Kier alpha value is -1.28. The van der Waals surface area contributed by atoms with Gasteiger partial charge in [-0.1, -0.05) is 0 Å². The van der Waals surface area contributed by atoms with Crippen LogP contribution in [0.3, 0.4) is 0 Å². The first-order valence-electron chi connectivity index (χ1n) is 3.97. The molecule has 1 unspecified atom stereocenters. The van der Waals surface area contributed by atoms with Crippen molar-refractivity contribution >= 4 is 17.8 Å². The maximum atomic E-state index is 11.1. The number of rotatable bonds is 3. The van der Waals surface area contributed by atoms with Gasteiger partial charge in [-0.25, -0.2) is 0 Å². The highest BCUT2D eigenvalue weighted by Gasteiger charge is 2.26. The lowest BCUT2D eigenvalue weighted by Gasteiger charge is -2.00. The molecule has 64 valence electrons. The zero-order valence-electron chi connectivity index (χ0n) is 6.69. The second kappa shape index (κ2) is 3.93. The van der Waals surface area contributed by atoms with Gasteiger partial charge in [0.25, 0.3) is 0 Å². The summed E-state index contributed by atoms with van der Waals surface area (Å²) in [5.74, 6) is -0.247. The van der Waals surface area contributed by atoms with E-state index in [0.717, 1.165) is 19.1 Å². The summed E-state index contributed by atoms with van der Waals surface area (Å²) in [4.78, 5) is 24.6. The highest BCUT2D eigenvalue weighted by atomic mass is 16.1.